The van der Waals surface area contributed by atoms with E-state index in [1.165, 1.54) is 22.3 Å². The number of carboxylic acid groups (broad SMARTS) is 1. The first-order chi connectivity index (χ1) is 7.00. The largest absolute Gasteiger partial charge is 0.481 e. The van der Waals surface area contributed by atoms with Crippen molar-refractivity contribution in [1.82, 2.24) is 0 Å². The molecule has 0 aliphatic carbocycles. The summed E-state index contributed by atoms with van der Waals surface area (Å²) in [7, 11) is 0. The molecule has 1 rings (SSSR count). The van der Waals surface area contributed by atoms with E-state index >= 15 is 0 Å². The first-order valence-corrected chi connectivity index (χ1v) is 5.29. The number of rotatable bonds is 4. The van der Waals surface area contributed by atoms with Crippen LogP contribution in [0.25, 0.3) is 0 Å². The summed E-state index contributed by atoms with van der Waals surface area (Å²) < 4.78 is 0. The van der Waals surface area contributed by atoms with Crippen molar-refractivity contribution in [3.8, 4) is 0 Å². The molecule has 0 aliphatic rings. The topological polar surface area (TPSA) is 37.3 Å². The molecule has 0 radical (unpaired) electrons. The quantitative estimate of drug-likeness (QED) is 0.822. The van der Waals surface area contributed by atoms with Gasteiger partial charge in [0, 0.05) is 6.42 Å². The van der Waals surface area contributed by atoms with Gasteiger partial charge >= 0.3 is 5.97 Å². The van der Waals surface area contributed by atoms with Crippen molar-refractivity contribution in [3.05, 3.63) is 34.4 Å². The molecule has 0 unspecified atom stereocenters. The number of benzene rings is 1. The number of aryl methyl sites for hydroxylation is 3. The predicted octanol–water partition coefficient (Wildman–Crippen LogP) is 3.02. The summed E-state index contributed by atoms with van der Waals surface area (Å²) in [5.41, 5.74) is 5.16. The molecule has 2 heteroatoms. The third-order valence-corrected chi connectivity index (χ3v) is 2.84. The van der Waals surface area contributed by atoms with E-state index in [2.05, 4.69) is 32.9 Å². The van der Waals surface area contributed by atoms with E-state index in [4.69, 9.17) is 5.11 Å². The van der Waals surface area contributed by atoms with Crippen LogP contribution in [-0.4, -0.2) is 11.1 Å². The van der Waals surface area contributed by atoms with E-state index < -0.39 is 5.97 Å². The number of carbonyl (C=O) groups is 1. The lowest BCUT2D eigenvalue weighted by molar-refractivity contribution is -0.137. The standard InChI is InChI=1S/C13H18O2/c1-9-7-12(5-4-6-13(14)15)8-10(2)11(9)3/h7-8H,4-6H2,1-3H3,(H,14,15). The molecular formula is C13H18O2. The fraction of sp³-hybridized carbons (Fsp3) is 0.462. The van der Waals surface area contributed by atoms with Crippen molar-refractivity contribution in [2.45, 2.75) is 40.0 Å². The minimum absolute atomic E-state index is 0.256. The molecule has 0 saturated carbocycles. The lowest BCUT2D eigenvalue weighted by Gasteiger charge is -2.08. The first kappa shape index (κ1) is 11.8. The van der Waals surface area contributed by atoms with Gasteiger partial charge in [-0.1, -0.05) is 12.1 Å². The van der Waals surface area contributed by atoms with Crippen molar-refractivity contribution in [2.75, 3.05) is 0 Å². The zero-order valence-electron chi connectivity index (χ0n) is 9.63. The zero-order valence-corrected chi connectivity index (χ0v) is 9.63. The van der Waals surface area contributed by atoms with Gasteiger partial charge in [0.2, 0.25) is 0 Å². The lowest BCUT2D eigenvalue weighted by Crippen LogP contribution is -1.97. The molecule has 82 valence electrons. The molecule has 0 fully saturated rings. The summed E-state index contributed by atoms with van der Waals surface area (Å²) in [5.74, 6) is -0.712. The van der Waals surface area contributed by atoms with Crippen molar-refractivity contribution in [1.29, 1.82) is 0 Å². The minimum Gasteiger partial charge on any atom is -0.481 e. The Morgan fingerprint density at radius 1 is 1.20 bits per heavy atom. The van der Waals surface area contributed by atoms with Crippen LogP contribution in [0.3, 0.4) is 0 Å². The molecule has 0 amide bonds. The highest BCUT2D eigenvalue weighted by Crippen LogP contribution is 2.16. The second kappa shape index (κ2) is 4.96. The SMILES string of the molecule is Cc1cc(CCCC(=O)O)cc(C)c1C. The van der Waals surface area contributed by atoms with Crippen LogP contribution in [0.15, 0.2) is 12.1 Å². The van der Waals surface area contributed by atoms with Crippen LogP contribution in [0, 0.1) is 20.8 Å². The molecule has 0 spiro atoms. The highest BCUT2D eigenvalue weighted by atomic mass is 16.4. The number of aliphatic carboxylic acids is 1. The van der Waals surface area contributed by atoms with Gasteiger partial charge in [0.1, 0.15) is 0 Å². The predicted molar refractivity (Wildman–Crippen MR) is 61.2 cm³/mol. The molecule has 0 bridgehead atoms. The zero-order chi connectivity index (χ0) is 11.4. The van der Waals surface area contributed by atoms with E-state index in [1.54, 1.807) is 0 Å². The first-order valence-electron chi connectivity index (χ1n) is 5.29. The molecule has 0 atom stereocenters. The summed E-state index contributed by atoms with van der Waals surface area (Å²) in [5, 5.41) is 8.54. The van der Waals surface area contributed by atoms with E-state index in [0.717, 1.165) is 12.8 Å². The third kappa shape index (κ3) is 3.39. The van der Waals surface area contributed by atoms with Gasteiger partial charge in [-0.15, -0.1) is 0 Å². The van der Waals surface area contributed by atoms with Crippen LogP contribution in [0.5, 0.6) is 0 Å². The molecule has 1 aromatic rings. The maximum Gasteiger partial charge on any atom is 0.303 e. The van der Waals surface area contributed by atoms with Gasteiger partial charge in [0.25, 0.3) is 0 Å². The normalized spacial score (nSPS) is 10.3. The van der Waals surface area contributed by atoms with Crippen molar-refractivity contribution in [3.63, 3.8) is 0 Å². The van der Waals surface area contributed by atoms with Crippen molar-refractivity contribution >= 4 is 5.97 Å². The number of hydrogen-bond donors (Lipinski definition) is 1. The van der Waals surface area contributed by atoms with Gasteiger partial charge in [0.15, 0.2) is 0 Å². The van der Waals surface area contributed by atoms with Gasteiger partial charge in [-0.3, -0.25) is 4.79 Å². The van der Waals surface area contributed by atoms with Crippen LogP contribution in [0.2, 0.25) is 0 Å². The van der Waals surface area contributed by atoms with E-state index in [1.807, 2.05) is 0 Å². The van der Waals surface area contributed by atoms with Crippen molar-refractivity contribution < 1.29 is 9.90 Å². The molecule has 0 heterocycles. The fourth-order valence-corrected chi connectivity index (χ4v) is 1.71. The molecule has 0 aliphatic heterocycles. The minimum atomic E-state index is -0.712. The van der Waals surface area contributed by atoms with Crippen LogP contribution < -0.4 is 0 Å². The van der Waals surface area contributed by atoms with Crippen LogP contribution in [-0.2, 0) is 11.2 Å². The summed E-state index contributed by atoms with van der Waals surface area (Å²) in [6.07, 6.45) is 1.83. The Kier molecular flexibility index (Phi) is 3.89. The molecular weight excluding hydrogens is 188 g/mol. The Labute approximate surface area is 90.9 Å². The fourth-order valence-electron chi connectivity index (χ4n) is 1.71. The van der Waals surface area contributed by atoms with E-state index in [-0.39, 0.29) is 6.42 Å². The van der Waals surface area contributed by atoms with Gasteiger partial charge in [0.05, 0.1) is 0 Å². The third-order valence-electron chi connectivity index (χ3n) is 2.84. The number of hydrogen-bond acceptors (Lipinski definition) is 1. The summed E-state index contributed by atoms with van der Waals surface area (Å²) in [6, 6.07) is 4.31. The van der Waals surface area contributed by atoms with Crippen LogP contribution in [0.1, 0.15) is 35.1 Å². The molecule has 0 aromatic heterocycles. The lowest BCUT2D eigenvalue weighted by atomic mass is 9.98. The molecule has 1 N–H and O–H groups in total. The second-order valence-corrected chi connectivity index (χ2v) is 4.10. The Hall–Kier alpha value is -1.31. The smallest absolute Gasteiger partial charge is 0.303 e. The van der Waals surface area contributed by atoms with Crippen LogP contribution in [0.4, 0.5) is 0 Å². The van der Waals surface area contributed by atoms with Crippen molar-refractivity contribution in [2.24, 2.45) is 0 Å². The molecule has 2 nitrogen and oxygen atoms in total. The Morgan fingerprint density at radius 3 is 2.20 bits per heavy atom. The highest BCUT2D eigenvalue weighted by Gasteiger charge is 2.02. The number of carboxylic acids is 1. The van der Waals surface area contributed by atoms with Gasteiger partial charge in [-0.25, -0.2) is 0 Å². The van der Waals surface area contributed by atoms with Crippen LogP contribution >= 0.6 is 0 Å². The highest BCUT2D eigenvalue weighted by molar-refractivity contribution is 5.66. The Morgan fingerprint density at radius 2 is 1.73 bits per heavy atom. The molecule has 1 aromatic carbocycles. The van der Waals surface area contributed by atoms with E-state index in [9.17, 15) is 4.79 Å². The maximum absolute atomic E-state index is 10.4. The Balaban J connectivity index is 2.66. The summed E-state index contributed by atoms with van der Waals surface area (Å²) >= 11 is 0. The van der Waals surface area contributed by atoms with Gasteiger partial charge in [-0.05, 0) is 55.9 Å². The average Bonchev–Trinajstić information content (AvgIpc) is 2.13. The summed E-state index contributed by atoms with van der Waals surface area (Å²) in [6.45, 7) is 6.32. The molecule has 15 heavy (non-hydrogen) atoms. The summed E-state index contributed by atoms with van der Waals surface area (Å²) in [4.78, 5) is 10.4. The second-order valence-electron chi connectivity index (χ2n) is 4.10. The maximum atomic E-state index is 10.4. The molecule has 0 saturated heterocycles. The van der Waals surface area contributed by atoms with Gasteiger partial charge in [-0.2, -0.15) is 0 Å². The van der Waals surface area contributed by atoms with Gasteiger partial charge < -0.3 is 5.11 Å². The monoisotopic (exact) mass is 206 g/mol. The average molecular weight is 206 g/mol. The Bertz CT molecular complexity index is 344. The van der Waals surface area contributed by atoms with E-state index in [0.29, 0.717) is 0 Å².